The van der Waals surface area contributed by atoms with Gasteiger partial charge in [-0.3, -0.25) is 9.59 Å². The van der Waals surface area contributed by atoms with Gasteiger partial charge in [-0.1, -0.05) is 85.3 Å². The zero-order valence-corrected chi connectivity index (χ0v) is 26.6. The third kappa shape index (κ3) is 5.31. The number of hydrogen-bond acceptors (Lipinski definition) is 5. The summed E-state index contributed by atoms with van der Waals surface area (Å²) in [5.41, 5.74) is 1.09. The van der Waals surface area contributed by atoms with Crippen LogP contribution in [0, 0.1) is 11.2 Å². The molecule has 0 aromatic heterocycles. The predicted molar refractivity (Wildman–Crippen MR) is 170 cm³/mol. The highest BCUT2D eigenvalue weighted by Gasteiger charge is 2.66. The fraction of sp³-hybridized carbons (Fsp3) is 0.344. The van der Waals surface area contributed by atoms with E-state index in [-0.39, 0.29) is 22.4 Å². The number of fused-ring (bicyclic) bond motifs is 2. The number of benzene rings is 3. The minimum atomic E-state index is -1.31. The minimum Gasteiger partial charge on any atom is -0.465 e. The molecule has 1 fully saturated rings. The first-order valence-corrected chi connectivity index (χ1v) is 15.5. The number of anilines is 2. The quantitative estimate of drug-likeness (QED) is 0.153. The van der Waals surface area contributed by atoms with Gasteiger partial charge in [-0.05, 0) is 58.9 Å². The van der Waals surface area contributed by atoms with Gasteiger partial charge in [0.15, 0.2) is 0 Å². The Morgan fingerprint density at radius 1 is 1.12 bits per heavy atom. The van der Waals surface area contributed by atoms with E-state index >= 15 is 4.39 Å². The number of amides is 2. The lowest BCUT2D eigenvalue weighted by molar-refractivity contribution is -0.122. The van der Waals surface area contributed by atoms with Gasteiger partial charge in [0.25, 0.3) is 0 Å². The molecule has 2 amide bonds. The Kier molecular flexibility index (Phi) is 8.39. The molecule has 0 saturated carbocycles. The molecule has 7 nitrogen and oxygen atoms in total. The third-order valence-corrected chi connectivity index (χ3v) is 9.10. The highest BCUT2D eigenvalue weighted by molar-refractivity contribution is 14.1. The maximum Gasteiger partial charge on any atom is 0.337 e. The number of esters is 1. The normalized spacial score (nSPS) is 23.0. The van der Waals surface area contributed by atoms with E-state index in [4.69, 9.17) is 16.3 Å². The second-order valence-electron chi connectivity index (χ2n) is 12.0. The molecule has 2 heterocycles. The van der Waals surface area contributed by atoms with Crippen molar-refractivity contribution in [1.29, 1.82) is 0 Å². The molecule has 0 radical (unpaired) electrons. The molecule has 0 unspecified atom stereocenters. The van der Waals surface area contributed by atoms with Crippen LogP contribution in [0.5, 0.6) is 0 Å². The zero-order valence-electron chi connectivity index (χ0n) is 23.7. The van der Waals surface area contributed by atoms with Crippen LogP contribution in [0.15, 0.2) is 60.7 Å². The molecule has 0 bridgehead atoms. The van der Waals surface area contributed by atoms with Gasteiger partial charge in [0.2, 0.25) is 11.8 Å². The number of rotatable bonds is 6. The second-order valence-corrected chi connectivity index (χ2v) is 13.2. The van der Waals surface area contributed by atoms with E-state index in [1.165, 1.54) is 13.2 Å². The summed E-state index contributed by atoms with van der Waals surface area (Å²) in [6, 6.07) is 15.2. The van der Waals surface area contributed by atoms with Gasteiger partial charge in [0, 0.05) is 32.8 Å². The number of hydrogen-bond donors (Lipinski definition) is 3. The summed E-state index contributed by atoms with van der Waals surface area (Å²) < 4.78 is 21.5. The van der Waals surface area contributed by atoms with Crippen molar-refractivity contribution in [1.82, 2.24) is 5.32 Å². The summed E-state index contributed by atoms with van der Waals surface area (Å²) >= 11 is 8.42. The van der Waals surface area contributed by atoms with E-state index in [0.29, 0.717) is 38.4 Å². The molecule has 2 aliphatic rings. The van der Waals surface area contributed by atoms with Crippen molar-refractivity contribution in [2.24, 2.45) is 5.41 Å². The van der Waals surface area contributed by atoms with Crippen LogP contribution >= 0.6 is 34.2 Å². The monoisotopic (exact) mass is 703 g/mol. The van der Waals surface area contributed by atoms with Gasteiger partial charge in [0.05, 0.1) is 18.7 Å². The molecule has 4 atom stereocenters. The maximum absolute atomic E-state index is 16.3. The molecule has 1 spiro atoms. The van der Waals surface area contributed by atoms with Gasteiger partial charge >= 0.3 is 5.97 Å². The van der Waals surface area contributed by atoms with Crippen LogP contribution in [0.25, 0.3) is 0 Å². The largest absolute Gasteiger partial charge is 0.465 e. The summed E-state index contributed by atoms with van der Waals surface area (Å²) in [5, 5.41) is 9.84. The standard InChI is InChI=1S/C32H32ClFIN3O4/c1-31(2,3)15-24-32(22-12-11-19(33)14-23(22)37-30(32)41)25(21-10-6-8-18(16-35)26(21)34)27(38-24)28(39)36-20-9-5-7-17(13-20)29(40)42-4/h5-14,24-25,27,38H,15-16H2,1-4H3,(H,36,39)(H,37,41)/t24-,25-,27+,32+/m0/s1. The molecule has 3 aromatic carbocycles. The fourth-order valence-electron chi connectivity index (χ4n) is 6.40. The summed E-state index contributed by atoms with van der Waals surface area (Å²) in [6.45, 7) is 6.20. The molecular formula is C32H32ClFIN3O4. The predicted octanol–water partition coefficient (Wildman–Crippen LogP) is 6.59. The number of carbonyl (C=O) groups is 3. The number of nitrogens with one attached hydrogen (secondary N) is 3. The summed E-state index contributed by atoms with van der Waals surface area (Å²) in [6.07, 6.45) is 0.522. The molecule has 1 saturated heterocycles. The number of carbonyl (C=O) groups excluding carboxylic acids is 3. The lowest BCUT2D eigenvalue weighted by Gasteiger charge is -2.37. The van der Waals surface area contributed by atoms with Gasteiger partial charge in [-0.2, -0.15) is 0 Å². The topological polar surface area (TPSA) is 96.5 Å². The molecule has 2 aliphatic heterocycles. The van der Waals surface area contributed by atoms with Crippen molar-refractivity contribution in [3.8, 4) is 0 Å². The zero-order chi connectivity index (χ0) is 30.4. The van der Waals surface area contributed by atoms with Gasteiger partial charge in [0.1, 0.15) is 11.2 Å². The van der Waals surface area contributed by atoms with E-state index in [9.17, 15) is 14.4 Å². The first-order chi connectivity index (χ1) is 19.9. The molecule has 3 aromatic rings. The van der Waals surface area contributed by atoms with Crippen LogP contribution in [0.3, 0.4) is 0 Å². The van der Waals surface area contributed by atoms with E-state index in [2.05, 4.69) is 59.3 Å². The van der Waals surface area contributed by atoms with Crippen LogP contribution < -0.4 is 16.0 Å². The Labute approximate surface area is 263 Å². The van der Waals surface area contributed by atoms with Gasteiger partial charge < -0.3 is 20.7 Å². The molecule has 10 heteroatoms. The van der Waals surface area contributed by atoms with E-state index in [1.54, 1.807) is 54.6 Å². The lowest BCUT2D eigenvalue weighted by Crippen LogP contribution is -2.49. The van der Waals surface area contributed by atoms with Crippen molar-refractivity contribution >= 4 is 63.4 Å². The first-order valence-electron chi connectivity index (χ1n) is 13.6. The highest BCUT2D eigenvalue weighted by Crippen LogP contribution is 2.57. The average Bonchev–Trinajstić information content (AvgIpc) is 3.41. The summed E-state index contributed by atoms with van der Waals surface area (Å²) in [5.74, 6) is -2.64. The minimum absolute atomic E-state index is 0.243. The summed E-state index contributed by atoms with van der Waals surface area (Å²) in [7, 11) is 1.28. The molecule has 5 rings (SSSR count). The molecule has 3 N–H and O–H groups in total. The fourth-order valence-corrected chi connectivity index (χ4v) is 7.16. The maximum atomic E-state index is 16.3. The van der Waals surface area contributed by atoms with Crippen LogP contribution in [-0.2, 0) is 24.2 Å². The molecule has 220 valence electrons. The van der Waals surface area contributed by atoms with Crippen molar-refractivity contribution in [3.05, 3.63) is 93.8 Å². The van der Waals surface area contributed by atoms with Crippen molar-refractivity contribution in [2.45, 2.75) is 55.0 Å². The highest BCUT2D eigenvalue weighted by atomic mass is 127. The van der Waals surface area contributed by atoms with Crippen LogP contribution in [0.1, 0.15) is 60.2 Å². The van der Waals surface area contributed by atoms with Crippen LogP contribution in [-0.4, -0.2) is 37.0 Å². The number of methoxy groups -OCH3 is 1. The van der Waals surface area contributed by atoms with Crippen molar-refractivity contribution in [3.63, 3.8) is 0 Å². The smallest absolute Gasteiger partial charge is 0.337 e. The third-order valence-electron chi connectivity index (χ3n) is 8.04. The van der Waals surface area contributed by atoms with Crippen LogP contribution in [0.4, 0.5) is 15.8 Å². The average molecular weight is 704 g/mol. The Hall–Kier alpha value is -3.02. The number of halogens is 3. The number of ether oxygens (including phenoxy) is 1. The molecule has 42 heavy (non-hydrogen) atoms. The van der Waals surface area contributed by atoms with Crippen LogP contribution in [0.2, 0.25) is 5.02 Å². The number of alkyl halides is 1. The Bertz CT molecular complexity index is 1580. The summed E-state index contributed by atoms with van der Waals surface area (Å²) in [4.78, 5) is 40.6. The van der Waals surface area contributed by atoms with E-state index < -0.39 is 41.1 Å². The molecule has 0 aliphatic carbocycles. The Morgan fingerprint density at radius 3 is 2.55 bits per heavy atom. The van der Waals surface area contributed by atoms with Gasteiger partial charge in [-0.15, -0.1) is 0 Å². The Balaban J connectivity index is 1.70. The Morgan fingerprint density at radius 2 is 1.86 bits per heavy atom. The van der Waals surface area contributed by atoms with Crippen molar-refractivity contribution in [2.75, 3.05) is 17.7 Å². The van der Waals surface area contributed by atoms with E-state index in [0.717, 1.165) is 0 Å². The van der Waals surface area contributed by atoms with Gasteiger partial charge in [-0.25, -0.2) is 9.18 Å². The first kappa shape index (κ1) is 30.4. The lowest BCUT2D eigenvalue weighted by atomic mass is 9.62. The van der Waals surface area contributed by atoms with Crippen molar-refractivity contribution < 1.29 is 23.5 Å². The second kappa shape index (κ2) is 11.6. The molecular weight excluding hydrogens is 672 g/mol. The SMILES string of the molecule is COC(=O)c1cccc(NC(=O)[C@@H]2N[C@@H](CC(C)(C)C)[C@@]3(C(=O)Nc4cc(Cl)ccc43)[C@H]2c2cccc(CI)c2F)c1. The van der Waals surface area contributed by atoms with E-state index in [1.807, 2.05) is 0 Å².